The van der Waals surface area contributed by atoms with Gasteiger partial charge in [0.2, 0.25) is 5.95 Å². The largest absolute Gasteiger partial charge is 0.452 e. The van der Waals surface area contributed by atoms with Gasteiger partial charge in [0, 0.05) is 18.2 Å². The summed E-state index contributed by atoms with van der Waals surface area (Å²) in [6, 6.07) is 4.94. The third-order valence-corrected chi connectivity index (χ3v) is 4.37. The van der Waals surface area contributed by atoms with Crippen LogP contribution in [0.3, 0.4) is 0 Å². The fraction of sp³-hybridized carbons (Fsp3) is 0.278. The molecule has 2 aromatic heterocycles. The van der Waals surface area contributed by atoms with Gasteiger partial charge in [-0.15, -0.1) is 0 Å². The van der Waals surface area contributed by atoms with Crippen molar-refractivity contribution in [3.8, 4) is 6.07 Å². The predicted octanol–water partition coefficient (Wildman–Crippen LogP) is 2.62. The lowest BCUT2D eigenvalue weighted by atomic mass is 9.86. The van der Waals surface area contributed by atoms with Crippen molar-refractivity contribution in [1.29, 1.82) is 5.26 Å². The molecule has 3 rings (SSSR count). The first-order valence-corrected chi connectivity index (χ1v) is 8.44. The van der Waals surface area contributed by atoms with E-state index in [0.717, 1.165) is 12.3 Å². The molecule has 0 aromatic carbocycles. The Morgan fingerprint density at radius 1 is 1.37 bits per heavy atom. The second kappa shape index (κ2) is 7.58. The van der Waals surface area contributed by atoms with Gasteiger partial charge in [-0.3, -0.25) is 4.79 Å². The summed E-state index contributed by atoms with van der Waals surface area (Å²) in [5.41, 5.74) is 3.59. The number of ether oxygens (including phenoxy) is 1. The van der Waals surface area contributed by atoms with E-state index in [0.29, 0.717) is 0 Å². The number of nitriles is 1. The van der Waals surface area contributed by atoms with Crippen LogP contribution in [-0.2, 0) is 10.3 Å². The van der Waals surface area contributed by atoms with Crippen molar-refractivity contribution in [1.82, 2.24) is 9.97 Å². The number of nitrogens with one attached hydrogen (secondary N) is 1. The van der Waals surface area contributed by atoms with Crippen LogP contribution in [0.2, 0.25) is 0 Å². The van der Waals surface area contributed by atoms with Crippen LogP contribution in [0.15, 0.2) is 35.6 Å². The molecule has 0 radical (unpaired) electrons. The number of aromatic nitrogens is 2. The lowest BCUT2D eigenvalue weighted by Gasteiger charge is -2.35. The molecule has 2 aromatic rings. The lowest BCUT2D eigenvalue weighted by molar-refractivity contribution is -0.208. The summed E-state index contributed by atoms with van der Waals surface area (Å²) in [6.45, 7) is 1.26. The van der Waals surface area contributed by atoms with Gasteiger partial charge in [0.1, 0.15) is 11.8 Å². The molecule has 8 nitrogen and oxygen atoms in total. The van der Waals surface area contributed by atoms with Gasteiger partial charge in [0.05, 0.1) is 23.0 Å². The maximum atomic E-state index is 14.4. The zero-order chi connectivity index (χ0) is 22.1. The Hall–Kier alpha value is -3.75. The molecule has 12 heteroatoms. The minimum absolute atomic E-state index is 0.00704. The molecule has 156 valence electrons. The van der Waals surface area contributed by atoms with E-state index in [4.69, 9.17) is 11.0 Å². The van der Waals surface area contributed by atoms with Gasteiger partial charge >= 0.3 is 6.18 Å². The Bertz CT molecular complexity index is 1050. The van der Waals surface area contributed by atoms with Crippen molar-refractivity contribution < 1.29 is 27.1 Å². The lowest BCUT2D eigenvalue weighted by Crippen LogP contribution is -2.46. The van der Waals surface area contributed by atoms with E-state index >= 15 is 0 Å². The van der Waals surface area contributed by atoms with Gasteiger partial charge < -0.3 is 15.8 Å². The summed E-state index contributed by atoms with van der Waals surface area (Å²) in [4.78, 5) is 23.5. The van der Waals surface area contributed by atoms with Crippen LogP contribution in [0.25, 0.3) is 0 Å². The normalized spacial score (nSPS) is 21.2. The number of rotatable bonds is 3. The van der Waals surface area contributed by atoms with E-state index in [9.17, 15) is 22.4 Å². The number of amides is 1. The van der Waals surface area contributed by atoms with Crippen LogP contribution in [0.4, 0.5) is 23.2 Å². The van der Waals surface area contributed by atoms with Crippen LogP contribution >= 0.6 is 0 Å². The zero-order valence-corrected chi connectivity index (χ0v) is 15.4. The van der Waals surface area contributed by atoms with Crippen LogP contribution < -0.4 is 11.1 Å². The first-order chi connectivity index (χ1) is 14.0. The second-order valence-electron chi connectivity index (χ2n) is 6.64. The Morgan fingerprint density at radius 3 is 2.70 bits per heavy atom. The Kier molecular flexibility index (Phi) is 5.30. The van der Waals surface area contributed by atoms with Crippen molar-refractivity contribution >= 4 is 17.6 Å². The minimum Gasteiger partial charge on any atom is -0.452 e. The number of amidine groups is 1. The molecule has 0 saturated heterocycles. The number of halogens is 4. The quantitative estimate of drug-likeness (QED) is 0.578. The summed E-state index contributed by atoms with van der Waals surface area (Å²) in [5, 5.41) is 11.2. The van der Waals surface area contributed by atoms with Crippen LogP contribution in [0.5, 0.6) is 0 Å². The predicted molar refractivity (Wildman–Crippen MR) is 95.6 cm³/mol. The Morgan fingerprint density at radius 2 is 2.10 bits per heavy atom. The summed E-state index contributed by atoms with van der Waals surface area (Å²) < 4.78 is 58.3. The molecule has 1 aliphatic rings. The average molecular weight is 422 g/mol. The third kappa shape index (κ3) is 4.29. The molecule has 0 saturated carbocycles. The maximum absolute atomic E-state index is 14.4. The maximum Gasteiger partial charge on any atom is 0.425 e. The van der Waals surface area contributed by atoms with Crippen molar-refractivity contribution in [3.63, 3.8) is 0 Å². The molecule has 2 unspecified atom stereocenters. The molecule has 30 heavy (non-hydrogen) atoms. The fourth-order valence-corrected chi connectivity index (χ4v) is 2.90. The second-order valence-corrected chi connectivity index (χ2v) is 6.64. The van der Waals surface area contributed by atoms with Crippen molar-refractivity contribution in [2.75, 3.05) is 5.32 Å². The van der Waals surface area contributed by atoms with E-state index in [-0.39, 0.29) is 22.5 Å². The van der Waals surface area contributed by atoms with Gasteiger partial charge in [-0.1, -0.05) is 0 Å². The fourth-order valence-electron chi connectivity index (χ4n) is 2.90. The zero-order valence-electron chi connectivity index (χ0n) is 15.4. The van der Waals surface area contributed by atoms with Crippen molar-refractivity contribution in [2.45, 2.75) is 31.2 Å². The number of alkyl halides is 3. The molecular weight excluding hydrogens is 408 g/mol. The summed E-state index contributed by atoms with van der Waals surface area (Å²) in [7, 11) is 0. The first kappa shape index (κ1) is 21.0. The monoisotopic (exact) mass is 422 g/mol. The number of nitrogens with zero attached hydrogens (tertiary/aromatic N) is 4. The number of anilines is 1. The SMILES string of the molecule is CC1(c2cc(NC(=O)c3ccc(C#N)cn3)cnc2F)CC(C(F)(F)F)OC(N)=N1. The van der Waals surface area contributed by atoms with E-state index < -0.39 is 42.1 Å². The topological polar surface area (TPSA) is 126 Å². The molecule has 2 atom stereocenters. The number of aliphatic imine (C=N–C) groups is 1. The van der Waals surface area contributed by atoms with Gasteiger partial charge in [-0.2, -0.15) is 22.8 Å². The molecule has 0 bridgehead atoms. The van der Waals surface area contributed by atoms with Gasteiger partial charge in [-0.25, -0.2) is 15.0 Å². The molecule has 0 aliphatic carbocycles. The van der Waals surface area contributed by atoms with E-state index in [1.54, 1.807) is 0 Å². The molecule has 1 amide bonds. The Labute approximate surface area is 167 Å². The molecule has 1 aliphatic heterocycles. The van der Waals surface area contributed by atoms with Gasteiger partial charge in [-0.05, 0) is 25.1 Å². The number of carbonyl (C=O) groups excluding carboxylic acids is 1. The van der Waals surface area contributed by atoms with Crippen molar-refractivity contribution in [2.24, 2.45) is 10.7 Å². The molecule has 3 heterocycles. The minimum atomic E-state index is -4.74. The van der Waals surface area contributed by atoms with Crippen LogP contribution in [0, 0.1) is 17.3 Å². The molecule has 0 spiro atoms. The van der Waals surface area contributed by atoms with E-state index in [1.807, 2.05) is 6.07 Å². The van der Waals surface area contributed by atoms with Crippen LogP contribution in [0.1, 0.15) is 35.0 Å². The molecule has 0 fully saturated rings. The highest BCUT2D eigenvalue weighted by atomic mass is 19.4. The highest BCUT2D eigenvalue weighted by molar-refractivity contribution is 6.02. The highest BCUT2D eigenvalue weighted by Crippen LogP contribution is 2.40. The number of hydrogen-bond donors (Lipinski definition) is 2. The van der Waals surface area contributed by atoms with Crippen molar-refractivity contribution in [3.05, 3.63) is 53.4 Å². The number of nitrogens with two attached hydrogens (primary N) is 1. The first-order valence-electron chi connectivity index (χ1n) is 8.44. The third-order valence-electron chi connectivity index (χ3n) is 4.37. The van der Waals surface area contributed by atoms with E-state index in [2.05, 4.69) is 25.0 Å². The number of pyridine rings is 2. The van der Waals surface area contributed by atoms with E-state index in [1.165, 1.54) is 25.3 Å². The smallest absolute Gasteiger partial charge is 0.425 e. The average Bonchev–Trinajstić information content (AvgIpc) is 2.68. The molecule has 3 N–H and O–H groups in total. The summed E-state index contributed by atoms with van der Waals surface area (Å²) in [6.07, 6.45) is -5.55. The molecular formula is C18H14F4N6O2. The number of hydrogen-bond acceptors (Lipinski definition) is 7. The Balaban J connectivity index is 1.90. The van der Waals surface area contributed by atoms with Gasteiger partial charge in [0.15, 0.2) is 6.10 Å². The summed E-state index contributed by atoms with van der Waals surface area (Å²) >= 11 is 0. The number of carbonyl (C=O) groups is 1. The highest BCUT2D eigenvalue weighted by Gasteiger charge is 2.50. The standard InChI is InChI=1S/C18H14F4N6O2/c1-17(5-13(18(20,21)22)30-16(24)28-17)11-4-10(8-26-14(11)19)27-15(29)12-3-2-9(6-23)7-25-12/h2-4,7-8,13H,5H2,1H3,(H2,24,28)(H,27,29). The van der Waals surface area contributed by atoms with Crippen LogP contribution in [-0.4, -0.2) is 34.2 Å². The summed E-state index contributed by atoms with van der Waals surface area (Å²) in [5.74, 6) is -1.75. The van der Waals surface area contributed by atoms with Gasteiger partial charge in [0.25, 0.3) is 11.9 Å².